The quantitative estimate of drug-likeness (QED) is 0.606. The van der Waals surface area contributed by atoms with Crippen LogP contribution in [-0.4, -0.2) is 27.4 Å². The molecule has 0 aliphatic carbocycles. The summed E-state index contributed by atoms with van der Waals surface area (Å²) in [6.45, 7) is 2.31. The van der Waals surface area contributed by atoms with Crippen molar-refractivity contribution in [2.75, 3.05) is 12.3 Å². The maximum Gasteiger partial charge on any atom is 0.263 e. The number of halogens is 2. The molecule has 9 heteroatoms. The molecule has 0 bridgehead atoms. The molecule has 2 heterocycles. The molecule has 0 spiro atoms. The van der Waals surface area contributed by atoms with Crippen molar-refractivity contribution in [3.8, 4) is 11.3 Å². The van der Waals surface area contributed by atoms with Gasteiger partial charge in [-0.25, -0.2) is 14.4 Å². The van der Waals surface area contributed by atoms with E-state index in [0.717, 1.165) is 12.6 Å². The number of nitrogens with two attached hydrogens (primary N) is 1. The van der Waals surface area contributed by atoms with E-state index in [1.165, 1.54) is 0 Å². The number of amides is 1. The molecule has 0 unspecified atom stereocenters. The molecular formula is C17H15ClFN5O2. The van der Waals surface area contributed by atoms with Crippen LogP contribution >= 0.6 is 11.6 Å². The maximum atomic E-state index is 14.2. The molecule has 0 saturated heterocycles. The number of benzene rings is 1. The first-order valence-electron chi connectivity index (χ1n) is 7.85. The Bertz CT molecular complexity index is 1070. The number of aromatic nitrogens is 3. The van der Waals surface area contributed by atoms with Gasteiger partial charge in [-0.2, -0.15) is 0 Å². The summed E-state index contributed by atoms with van der Waals surface area (Å²) < 4.78 is 14.2. The average molecular weight is 376 g/mol. The molecule has 3 rings (SSSR count). The van der Waals surface area contributed by atoms with Crippen LogP contribution in [0.25, 0.3) is 22.2 Å². The van der Waals surface area contributed by atoms with Crippen molar-refractivity contribution >= 4 is 34.1 Å². The zero-order chi connectivity index (χ0) is 18.8. The lowest BCUT2D eigenvalue weighted by molar-refractivity contribution is 0.0953. The van der Waals surface area contributed by atoms with E-state index in [2.05, 4.69) is 20.3 Å². The third-order valence-electron chi connectivity index (χ3n) is 3.82. The van der Waals surface area contributed by atoms with Crippen LogP contribution in [0.15, 0.2) is 29.2 Å². The third-order valence-corrected chi connectivity index (χ3v) is 4.00. The lowest BCUT2D eigenvalue weighted by Gasteiger charge is -2.12. The topological polar surface area (TPSA) is 114 Å². The van der Waals surface area contributed by atoms with E-state index >= 15 is 0 Å². The normalized spacial score (nSPS) is 10.9. The van der Waals surface area contributed by atoms with Gasteiger partial charge in [-0.05, 0) is 18.0 Å². The second-order valence-electron chi connectivity index (χ2n) is 5.56. The molecule has 7 nitrogen and oxygen atoms in total. The third kappa shape index (κ3) is 3.11. The minimum Gasteiger partial charge on any atom is -0.397 e. The highest BCUT2D eigenvalue weighted by atomic mass is 35.5. The predicted octanol–water partition coefficient (Wildman–Crippen LogP) is 2.50. The Morgan fingerprint density at radius 1 is 1.42 bits per heavy atom. The second-order valence-corrected chi connectivity index (χ2v) is 5.90. The monoisotopic (exact) mass is 375 g/mol. The van der Waals surface area contributed by atoms with Gasteiger partial charge in [-0.15, -0.1) is 0 Å². The fourth-order valence-corrected chi connectivity index (χ4v) is 2.76. The number of nitrogens with zero attached hydrogens (tertiary/aromatic N) is 2. The van der Waals surface area contributed by atoms with E-state index in [4.69, 9.17) is 17.3 Å². The number of aromatic amines is 1. The highest BCUT2D eigenvalue weighted by molar-refractivity contribution is 6.28. The first-order valence-corrected chi connectivity index (χ1v) is 8.23. The number of nitrogen functional groups attached to an aromatic ring is 1. The molecule has 1 amide bonds. The fourth-order valence-electron chi connectivity index (χ4n) is 2.63. The summed E-state index contributed by atoms with van der Waals surface area (Å²) in [5.41, 5.74) is 5.71. The van der Waals surface area contributed by atoms with E-state index in [1.54, 1.807) is 18.2 Å². The van der Waals surface area contributed by atoms with E-state index in [1.807, 2.05) is 6.92 Å². The van der Waals surface area contributed by atoms with Gasteiger partial charge in [0.25, 0.3) is 11.5 Å². The standard InChI is InChI=1S/C17H15ClFN5O2/c1-2-6-21-15(25)11-12(20)8-4-3-5-9(13(8)23-16(11)26)14-10(19)7-22-17(18)24-14/h3-5,7H,2,6H2,1H3,(H,21,25)(H3,20,23,26). The number of H-pyrrole nitrogens is 1. The first-order chi connectivity index (χ1) is 12.4. The summed E-state index contributed by atoms with van der Waals surface area (Å²) >= 11 is 5.76. The maximum absolute atomic E-state index is 14.2. The molecule has 0 fully saturated rings. The van der Waals surface area contributed by atoms with Crippen molar-refractivity contribution in [3.63, 3.8) is 0 Å². The van der Waals surface area contributed by atoms with E-state index < -0.39 is 17.3 Å². The molecule has 0 saturated carbocycles. The van der Waals surface area contributed by atoms with Crippen molar-refractivity contribution < 1.29 is 9.18 Å². The minimum atomic E-state index is -0.703. The van der Waals surface area contributed by atoms with Gasteiger partial charge in [0, 0.05) is 17.5 Å². The predicted molar refractivity (Wildman–Crippen MR) is 97.6 cm³/mol. The number of hydrogen-bond donors (Lipinski definition) is 3. The number of hydrogen-bond acceptors (Lipinski definition) is 5. The van der Waals surface area contributed by atoms with E-state index in [0.29, 0.717) is 11.9 Å². The van der Waals surface area contributed by atoms with Crippen LogP contribution < -0.4 is 16.6 Å². The highest BCUT2D eigenvalue weighted by Crippen LogP contribution is 2.30. The number of para-hydroxylation sites is 1. The molecule has 3 aromatic rings. The zero-order valence-corrected chi connectivity index (χ0v) is 14.5. The molecule has 26 heavy (non-hydrogen) atoms. The molecule has 0 aliphatic rings. The van der Waals surface area contributed by atoms with Crippen LogP contribution in [0.2, 0.25) is 5.28 Å². The summed E-state index contributed by atoms with van der Waals surface area (Å²) in [5, 5.41) is 2.89. The second kappa shape index (κ2) is 7.09. The number of anilines is 1. The van der Waals surface area contributed by atoms with Crippen LogP contribution in [0.4, 0.5) is 10.1 Å². The summed E-state index contributed by atoms with van der Waals surface area (Å²) in [5.74, 6) is -1.26. The molecule has 0 aliphatic heterocycles. The molecule has 134 valence electrons. The lowest BCUT2D eigenvalue weighted by Crippen LogP contribution is -2.31. The van der Waals surface area contributed by atoms with Crippen LogP contribution in [0.1, 0.15) is 23.7 Å². The molecular weight excluding hydrogens is 361 g/mol. The van der Waals surface area contributed by atoms with Gasteiger partial charge in [-0.1, -0.05) is 25.1 Å². The number of carbonyl (C=O) groups excluding carboxylic acids is 1. The van der Waals surface area contributed by atoms with E-state index in [9.17, 15) is 14.0 Å². The molecule has 0 atom stereocenters. The van der Waals surface area contributed by atoms with Crippen LogP contribution in [0, 0.1) is 5.82 Å². The van der Waals surface area contributed by atoms with Gasteiger partial charge in [0.15, 0.2) is 5.82 Å². The largest absolute Gasteiger partial charge is 0.397 e. The van der Waals surface area contributed by atoms with Gasteiger partial charge >= 0.3 is 0 Å². The Labute approximate surface area is 152 Å². The molecule has 2 aromatic heterocycles. The summed E-state index contributed by atoms with van der Waals surface area (Å²) in [6.07, 6.45) is 1.66. The number of carbonyl (C=O) groups is 1. The Balaban J connectivity index is 2.26. The Hall–Kier alpha value is -3.00. The van der Waals surface area contributed by atoms with Gasteiger partial charge < -0.3 is 16.0 Å². The van der Waals surface area contributed by atoms with Crippen LogP contribution in [-0.2, 0) is 0 Å². The minimum absolute atomic E-state index is 0.0137. The van der Waals surface area contributed by atoms with Crippen LogP contribution in [0.3, 0.4) is 0 Å². The Morgan fingerprint density at radius 2 is 2.19 bits per heavy atom. The molecule has 0 radical (unpaired) electrons. The molecule has 4 N–H and O–H groups in total. The van der Waals surface area contributed by atoms with E-state index in [-0.39, 0.29) is 33.3 Å². The number of nitrogens with one attached hydrogen (secondary N) is 2. The summed E-state index contributed by atoms with van der Waals surface area (Å²) in [6, 6.07) is 4.81. The van der Waals surface area contributed by atoms with Crippen molar-refractivity contribution in [1.82, 2.24) is 20.3 Å². The average Bonchev–Trinajstić information content (AvgIpc) is 2.61. The van der Waals surface area contributed by atoms with Crippen LogP contribution in [0.5, 0.6) is 0 Å². The van der Waals surface area contributed by atoms with Gasteiger partial charge in [0.05, 0.1) is 17.4 Å². The van der Waals surface area contributed by atoms with Gasteiger partial charge in [0.2, 0.25) is 5.28 Å². The highest BCUT2D eigenvalue weighted by Gasteiger charge is 2.20. The Kier molecular flexibility index (Phi) is 4.85. The Morgan fingerprint density at radius 3 is 2.92 bits per heavy atom. The van der Waals surface area contributed by atoms with Crippen molar-refractivity contribution in [2.45, 2.75) is 13.3 Å². The number of rotatable bonds is 4. The van der Waals surface area contributed by atoms with Crippen molar-refractivity contribution in [1.29, 1.82) is 0 Å². The van der Waals surface area contributed by atoms with Gasteiger partial charge in [0.1, 0.15) is 11.3 Å². The van der Waals surface area contributed by atoms with Gasteiger partial charge in [-0.3, -0.25) is 9.59 Å². The summed E-state index contributed by atoms with van der Waals surface area (Å²) in [7, 11) is 0. The first kappa shape index (κ1) is 17.8. The summed E-state index contributed by atoms with van der Waals surface area (Å²) in [4.78, 5) is 34.7. The fraction of sp³-hybridized carbons (Fsp3) is 0.176. The molecule has 1 aromatic carbocycles. The zero-order valence-electron chi connectivity index (χ0n) is 13.8. The van der Waals surface area contributed by atoms with Crippen molar-refractivity contribution in [2.24, 2.45) is 0 Å². The number of pyridine rings is 1. The lowest BCUT2D eigenvalue weighted by atomic mass is 10.0. The number of fused-ring (bicyclic) bond motifs is 1. The van der Waals surface area contributed by atoms with Crippen molar-refractivity contribution in [3.05, 3.63) is 51.4 Å². The SMILES string of the molecule is CCCNC(=O)c1c(N)c2cccc(-c3nc(Cl)ncc3F)c2[nH]c1=O. The smallest absolute Gasteiger partial charge is 0.263 e.